The summed E-state index contributed by atoms with van der Waals surface area (Å²) >= 11 is 0. The molecule has 0 unspecified atom stereocenters. The number of benzene rings is 1. The van der Waals surface area contributed by atoms with Gasteiger partial charge in [-0.2, -0.15) is 0 Å². The number of nitrogens with two attached hydrogens (primary N) is 1. The van der Waals surface area contributed by atoms with Crippen LogP contribution < -0.4 is 5.73 Å². The minimum absolute atomic E-state index is 0.223. The summed E-state index contributed by atoms with van der Waals surface area (Å²) in [7, 11) is 0. The third-order valence-electron chi connectivity index (χ3n) is 2.55. The van der Waals surface area contributed by atoms with Crippen molar-refractivity contribution in [1.82, 2.24) is 9.97 Å². The molecule has 0 radical (unpaired) electrons. The number of hydrogen-bond donors (Lipinski definition) is 2. The number of anilines is 1. The molecule has 3 N–H and O–H groups in total. The summed E-state index contributed by atoms with van der Waals surface area (Å²) in [6, 6.07) is 6.73. The Labute approximate surface area is 93.8 Å². The Morgan fingerprint density at radius 1 is 1.06 bits per heavy atom. The first kappa shape index (κ1) is 10.4. The molecule has 0 aliphatic carbocycles. The molecule has 1 heterocycles. The first-order chi connectivity index (χ1) is 7.58. The average Bonchev–Trinajstić information content (AvgIpc) is 2.26. The molecule has 0 saturated carbocycles. The second kappa shape index (κ2) is 3.81. The topological polar surface area (TPSA) is 72.0 Å². The van der Waals surface area contributed by atoms with Crippen LogP contribution in [0.1, 0.15) is 11.3 Å². The van der Waals surface area contributed by atoms with Crippen LogP contribution >= 0.6 is 0 Å². The number of hydrogen-bond acceptors (Lipinski definition) is 4. The van der Waals surface area contributed by atoms with Gasteiger partial charge in [0.2, 0.25) is 0 Å². The quantitative estimate of drug-likeness (QED) is 0.763. The maximum atomic E-state index is 9.19. The Morgan fingerprint density at radius 2 is 1.69 bits per heavy atom. The molecule has 4 nitrogen and oxygen atoms in total. The first-order valence-corrected chi connectivity index (χ1v) is 4.98. The van der Waals surface area contributed by atoms with Gasteiger partial charge in [-0.25, -0.2) is 9.97 Å². The van der Waals surface area contributed by atoms with Crippen molar-refractivity contribution < 1.29 is 5.11 Å². The van der Waals surface area contributed by atoms with Crippen molar-refractivity contribution in [2.24, 2.45) is 0 Å². The number of phenols is 1. The van der Waals surface area contributed by atoms with Crippen molar-refractivity contribution in [1.29, 1.82) is 0 Å². The van der Waals surface area contributed by atoms with Crippen molar-refractivity contribution in [3.8, 4) is 17.1 Å². The zero-order chi connectivity index (χ0) is 11.7. The van der Waals surface area contributed by atoms with Gasteiger partial charge in [0.25, 0.3) is 0 Å². The molecule has 2 rings (SSSR count). The molecular weight excluding hydrogens is 202 g/mol. The lowest BCUT2D eigenvalue weighted by molar-refractivity contribution is 0.475. The van der Waals surface area contributed by atoms with E-state index in [0.29, 0.717) is 11.6 Å². The monoisotopic (exact) mass is 215 g/mol. The molecular formula is C12H13N3O. The Morgan fingerprint density at radius 3 is 2.25 bits per heavy atom. The van der Waals surface area contributed by atoms with Gasteiger partial charge in [0.1, 0.15) is 11.6 Å². The summed E-state index contributed by atoms with van der Waals surface area (Å²) in [6.07, 6.45) is 0. The molecule has 1 aromatic heterocycles. The highest BCUT2D eigenvalue weighted by molar-refractivity contribution is 5.59. The van der Waals surface area contributed by atoms with Gasteiger partial charge in [-0.15, -0.1) is 0 Å². The lowest BCUT2D eigenvalue weighted by Crippen LogP contribution is -2.01. The minimum Gasteiger partial charge on any atom is -0.508 e. The summed E-state index contributed by atoms with van der Waals surface area (Å²) < 4.78 is 0. The van der Waals surface area contributed by atoms with Crippen LogP contribution in [0.3, 0.4) is 0 Å². The molecule has 2 aromatic rings. The fourth-order valence-electron chi connectivity index (χ4n) is 1.39. The van der Waals surface area contributed by atoms with Gasteiger partial charge in [0, 0.05) is 16.8 Å². The Bertz CT molecular complexity index is 497. The van der Waals surface area contributed by atoms with Gasteiger partial charge in [-0.1, -0.05) is 0 Å². The van der Waals surface area contributed by atoms with Crippen LogP contribution in [0.2, 0.25) is 0 Å². The maximum absolute atomic E-state index is 9.19. The van der Waals surface area contributed by atoms with Gasteiger partial charge < -0.3 is 10.8 Å². The number of aromatic hydroxyl groups is 1. The molecule has 0 saturated heterocycles. The predicted molar refractivity (Wildman–Crippen MR) is 63.0 cm³/mol. The van der Waals surface area contributed by atoms with E-state index in [2.05, 4.69) is 9.97 Å². The molecule has 82 valence electrons. The molecule has 0 atom stereocenters. The van der Waals surface area contributed by atoms with Crippen LogP contribution in [-0.2, 0) is 0 Å². The molecule has 0 fully saturated rings. The first-order valence-electron chi connectivity index (χ1n) is 4.98. The fraction of sp³-hybridized carbons (Fsp3) is 0.167. The summed E-state index contributed by atoms with van der Waals surface area (Å²) in [5.41, 5.74) is 8.40. The number of aryl methyl sites for hydroxylation is 1. The SMILES string of the molecule is Cc1nc(-c2ccc(O)cc2)nc(N)c1C. The predicted octanol–water partition coefficient (Wildman–Crippen LogP) is 2.05. The van der Waals surface area contributed by atoms with Gasteiger partial charge in [-0.05, 0) is 38.1 Å². The summed E-state index contributed by atoms with van der Waals surface area (Å²) in [5.74, 6) is 1.30. The molecule has 0 amide bonds. The number of nitrogen functional groups attached to an aromatic ring is 1. The van der Waals surface area contributed by atoms with Crippen LogP contribution in [0.25, 0.3) is 11.4 Å². The second-order valence-corrected chi connectivity index (χ2v) is 3.69. The number of aromatic nitrogens is 2. The second-order valence-electron chi connectivity index (χ2n) is 3.69. The van der Waals surface area contributed by atoms with E-state index in [1.54, 1.807) is 24.3 Å². The normalized spacial score (nSPS) is 10.4. The fourth-order valence-corrected chi connectivity index (χ4v) is 1.39. The van der Waals surface area contributed by atoms with E-state index in [9.17, 15) is 5.11 Å². The zero-order valence-electron chi connectivity index (χ0n) is 9.23. The number of nitrogens with zero attached hydrogens (tertiary/aromatic N) is 2. The Kier molecular flexibility index (Phi) is 2.48. The van der Waals surface area contributed by atoms with Gasteiger partial charge >= 0.3 is 0 Å². The summed E-state index contributed by atoms with van der Waals surface area (Å²) in [4.78, 5) is 8.58. The molecule has 1 aromatic carbocycles. The van der Waals surface area contributed by atoms with Crippen LogP contribution in [-0.4, -0.2) is 15.1 Å². The number of phenolic OH excluding ortho intramolecular Hbond substituents is 1. The molecule has 0 bridgehead atoms. The van der Waals surface area contributed by atoms with Crippen LogP contribution in [0.5, 0.6) is 5.75 Å². The van der Waals surface area contributed by atoms with E-state index in [-0.39, 0.29) is 5.75 Å². The van der Waals surface area contributed by atoms with E-state index >= 15 is 0 Å². The molecule has 0 aliphatic heterocycles. The van der Waals surface area contributed by atoms with Crippen molar-refractivity contribution >= 4 is 5.82 Å². The van der Waals surface area contributed by atoms with E-state index in [0.717, 1.165) is 16.8 Å². The Hall–Kier alpha value is -2.10. The molecule has 4 heteroatoms. The zero-order valence-corrected chi connectivity index (χ0v) is 9.23. The van der Waals surface area contributed by atoms with Crippen molar-refractivity contribution in [2.45, 2.75) is 13.8 Å². The highest BCUT2D eigenvalue weighted by Gasteiger charge is 2.06. The van der Waals surface area contributed by atoms with Gasteiger partial charge in [0.15, 0.2) is 5.82 Å². The van der Waals surface area contributed by atoms with Crippen LogP contribution in [0.15, 0.2) is 24.3 Å². The van der Waals surface area contributed by atoms with Crippen molar-refractivity contribution in [3.05, 3.63) is 35.5 Å². The smallest absolute Gasteiger partial charge is 0.161 e. The lowest BCUT2D eigenvalue weighted by atomic mass is 10.2. The van der Waals surface area contributed by atoms with E-state index in [1.807, 2.05) is 13.8 Å². The average molecular weight is 215 g/mol. The van der Waals surface area contributed by atoms with E-state index < -0.39 is 0 Å². The summed E-state index contributed by atoms with van der Waals surface area (Å²) in [6.45, 7) is 3.79. The van der Waals surface area contributed by atoms with E-state index in [1.165, 1.54) is 0 Å². The van der Waals surface area contributed by atoms with Crippen LogP contribution in [0.4, 0.5) is 5.82 Å². The van der Waals surface area contributed by atoms with Crippen LogP contribution in [0, 0.1) is 13.8 Å². The standard InChI is InChI=1S/C12H13N3O/c1-7-8(2)14-12(15-11(7)13)9-3-5-10(16)6-4-9/h3-6,16H,1-2H3,(H2,13,14,15). The number of rotatable bonds is 1. The van der Waals surface area contributed by atoms with Gasteiger partial charge in [0.05, 0.1) is 0 Å². The molecule has 0 aliphatic rings. The van der Waals surface area contributed by atoms with E-state index in [4.69, 9.17) is 5.73 Å². The maximum Gasteiger partial charge on any atom is 0.161 e. The highest BCUT2D eigenvalue weighted by Crippen LogP contribution is 2.21. The highest BCUT2D eigenvalue weighted by atomic mass is 16.3. The largest absolute Gasteiger partial charge is 0.508 e. The minimum atomic E-state index is 0.223. The molecule has 16 heavy (non-hydrogen) atoms. The third-order valence-corrected chi connectivity index (χ3v) is 2.55. The third kappa shape index (κ3) is 1.82. The van der Waals surface area contributed by atoms with Crippen molar-refractivity contribution in [3.63, 3.8) is 0 Å². The molecule has 0 spiro atoms. The summed E-state index contributed by atoms with van der Waals surface area (Å²) in [5, 5.41) is 9.19. The van der Waals surface area contributed by atoms with Gasteiger partial charge in [-0.3, -0.25) is 0 Å². The Balaban J connectivity index is 2.52. The lowest BCUT2D eigenvalue weighted by Gasteiger charge is -2.06. The van der Waals surface area contributed by atoms with Crippen molar-refractivity contribution in [2.75, 3.05) is 5.73 Å².